The molecule has 3 aromatic carbocycles. The molecule has 3 aromatic rings. The van der Waals surface area contributed by atoms with Crippen molar-refractivity contribution in [2.75, 3.05) is 0 Å². The van der Waals surface area contributed by atoms with Crippen LogP contribution in [0.3, 0.4) is 0 Å². The molecule has 0 nitrogen and oxygen atoms in total. The summed E-state index contributed by atoms with van der Waals surface area (Å²) in [6.45, 7) is 6.89. The number of hydrogen-bond acceptors (Lipinski definition) is 1. The quantitative estimate of drug-likeness (QED) is 0.413. The van der Waals surface area contributed by atoms with Crippen molar-refractivity contribution in [3.05, 3.63) is 91.0 Å². The van der Waals surface area contributed by atoms with Crippen LogP contribution in [0.5, 0.6) is 0 Å². The second kappa shape index (κ2) is 7.97. The fraction of sp³-hybridized carbons (Fsp3) is 0.200. The van der Waals surface area contributed by atoms with Crippen molar-refractivity contribution >= 4 is 45.2 Å². The molecule has 0 spiro atoms. The van der Waals surface area contributed by atoms with Crippen LogP contribution in [0.1, 0.15) is 27.7 Å². The minimum absolute atomic E-state index is 0.0526. The van der Waals surface area contributed by atoms with Gasteiger partial charge < -0.3 is 0 Å². The number of benzene rings is 3. The maximum atomic E-state index is 6.05. The Hall–Kier alpha value is -1.95. The lowest BCUT2D eigenvalue weighted by molar-refractivity contribution is 0.607. The van der Waals surface area contributed by atoms with Crippen molar-refractivity contribution in [3.63, 3.8) is 0 Å². The first-order chi connectivity index (χ1) is 12.9. The Bertz CT molecular complexity index is 862. The molecule has 0 aliphatic carbocycles. The first-order valence-electron chi connectivity index (χ1n) is 9.33. The van der Waals surface area contributed by atoms with Gasteiger partial charge in [0.2, 0.25) is 0 Å². The van der Waals surface area contributed by atoms with Gasteiger partial charge in [-0.2, -0.15) is 0 Å². The summed E-state index contributed by atoms with van der Waals surface area (Å²) in [5, 5.41) is 5.39. The van der Waals surface area contributed by atoms with Gasteiger partial charge in [0.25, 0.3) is 0 Å². The summed E-state index contributed by atoms with van der Waals surface area (Å²) in [5.74, 6) is 0. The van der Waals surface area contributed by atoms with E-state index in [0.717, 1.165) is 4.86 Å². The van der Waals surface area contributed by atoms with Crippen LogP contribution in [0.15, 0.2) is 91.0 Å². The summed E-state index contributed by atoms with van der Waals surface area (Å²) in [7, 11) is 0. The smallest absolute Gasteiger partial charge is 0.0245 e. The number of thiocarbonyl (C=S) groups is 1. The van der Waals surface area contributed by atoms with Gasteiger partial charge in [0.1, 0.15) is 0 Å². The summed E-state index contributed by atoms with van der Waals surface area (Å²) < 4.78 is 0. The highest BCUT2D eigenvalue weighted by Crippen LogP contribution is 2.47. The summed E-state index contributed by atoms with van der Waals surface area (Å²) in [6, 6.07) is 32.7. The van der Waals surface area contributed by atoms with E-state index in [-0.39, 0.29) is 5.41 Å². The van der Waals surface area contributed by atoms with Crippen LogP contribution in [0, 0.1) is 5.41 Å². The fourth-order valence-corrected chi connectivity index (χ4v) is 8.64. The summed E-state index contributed by atoms with van der Waals surface area (Å²) >= 11 is 6.05. The van der Waals surface area contributed by atoms with E-state index >= 15 is 0 Å². The van der Waals surface area contributed by atoms with Gasteiger partial charge >= 0.3 is 0 Å². The molecular weight excluding hydrogens is 363 g/mol. The van der Waals surface area contributed by atoms with Crippen LogP contribution >= 0.6 is 19.1 Å². The number of hydrogen-bond donors (Lipinski definition) is 0. The molecule has 0 saturated heterocycles. The van der Waals surface area contributed by atoms with Crippen molar-refractivity contribution in [1.82, 2.24) is 0 Å². The summed E-state index contributed by atoms with van der Waals surface area (Å²) in [6.07, 6.45) is 0. The van der Waals surface area contributed by atoms with Gasteiger partial charge in [0.15, 0.2) is 0 Å². The normalized spacial score (nSPS) is 11.9. The van der Waals surface area contributed by atoms with Crippen molar-refractivity contribution in [2.45, 2.75) is 27.7 Å². The van der Waals surface area contributed by atoms with Crippen molar-refractivity contribution in [1.29, 1.82) is 0 Å². The molecule has 2 heteroatoms. The Morgan fingerprint density at radius 1 is 0.630 bits per heavy atom. The molecule has 27 heavy (non-hydrogen) atoms. The lowest BCUT2D eigenvalue weighted by atomic mass is 9.91. The highest BCUT2D eigenvalue weighted by Gasteiger charge is 2.32. The Morgan fingerprint density at radius 3 is 1.19 bits per heavy atom. The lowest BCUT2D eigenvalue weighted by Gasteiger charge is -2.34. The minimum atomic E-state index is -2.02. The van der Waals surface area contributed by atoms with Gasteiger partial charge in [0, 0.05) is 4.86 Å². The molecule has 0 N–H and O–H groups in total. The number of rotatable bonds is 4. The molecule has 0 amide bonds. The van der Waals surface area contributed by atoms with E-state index in [0.29, 0.717) is 0 Å². The summed E-state index contributed by atoms with van der Waals surface area (Å²) in [4.78, 5) is 1.06. The Labute approximate surface area is 169 Å². The average molecular weight is 391 g/mol. The maximum absolute atomic E-state index is 6.05. The molecule has 0 saturated carbocycles. The molecule has 0 bridgehead atoms. The Morgan fingerprint density at radius 2 is 0.926 bits per heavy atom. The molecular formula is C25H27PS. The zero-order chi connectivity index (χ0) is 19.5. The average Bonchev–Trinajstić information content (AvgIpc) is 2.70. The van der Waals surface area contributed by atoms with Crippen molar-refractivity contribution < 1.29 is 0 Å². The van der Waals surface area contributed by atoms with E-state index in [9.17, 15) is 0 Å². The molecule has 0 radical (unpaired) electrons. The van der Waals surface area contributed by atoms with E-state index in [4.69, 9.17) is 12.2 Å². The van der Waals surface area contributed by atoms with Gasteiger partial charge in [-0.15, -0.1) is 0 Å². The van der Waals surface area contributed by atoms with Crippen LogP contribution in [0.4, 0.5) is 0 Å². The van der Waals surface area contributed by atoms with E-state index in [1.807, 2.05) is 0 Å². The molecule has 0 aliphatic rings. The zero-order valence-electron chi connectivity index (χ0n) is 16.5. The van der Waals surface area contributed by atoms with Gasteiger partial charge in [-0.05, 0) is 40.4 Å². The molecule has 3 rings (SSSR count). The van der Waals surface area contributed by atoms with Gasteiger partial charge in [-0.3, -0.25) is 0 Å². The van der Waals surface area contributed by atoms with Crippen LogP contribution in [-0.4, -0.2) is 10.2 Å². The van der Waals surface area contributed by atoms with Crippen molar-refractivity contribution in [3.8, 4) is 0 Å². The third kappa shape index (κ3) is 3.72. The second-order valence-corrected chi connectivity index (χ2v) is 11.8. The van der Waals surface area contributed by atoms with Crippen LogP contribution in [0.2, 0.25) is 0 Å². The first kappa shape index (κ1) is 19.8. The third-order valence-corrected chi connectivity index (χ3v) is 10.5. The minimum Gasteiger partial charge on any atom is -0.0840 e. The first-order valence-corrected chi connectivity index (χ1v) is 11.5. The molecule has 0 unspecified atom stereocenters. The van der Waals surface area contributed by atoms with E-state index in [1.165, 1.54) is 21.2 Å². The Balaban J connectivity index is 2.54. The standard InChI is InChI=1S/C25H27PS/c1-20(24(27)25(2,3)4)26(21-14-8-5-9-15-21,22-16-10-6-11-17-22)23-18-12-7-13-19-23/h5-19H,1-4H3. The molecule has 0 fully saturated rings. The van der Waals surface area contributed by atoms with Gasteiger partial charge in [-0.25, -0.2) is 0 Å². The Kier molecular flexibility index (Phi) is 5.84. The largest absolute Gasteiger partial charge is 0.0840 e. The second-order valence-electron chi connectivity index (χ2n) is 7.84. The zero-order valence-corrected chi connectivity index (χ0v) is 18.2. The molecule has 138 valence electrons. The van der Waals surface area contributed by atoms with Crippen molar-refractivity contribution in [2.24, 2.45) is 5.41 Å². The summed E-state index contributed by atoms with van der Waals surface area (Å²) in [5.41, 5.74) is -0.0526. The fourth-order valence-electron chi connectivity index (χ4n) is 3.68. The predicted octanol–water partition coefficient (Wildman–Crippen LogP) is 5.59. The SMILES string of the molecule is CC(C(=S)C(C)(C)C)=P(c1ccccc1)(c1ccccc1)c1ccccc1. The van der Waals surface area contributed by atoms with Crippen LogP contribution < -0.4 is 15.9 Å². The monoisotopic (exact) mass is 390 g/mol. The van der Waals surface area contributed by atoms with E-state index < -0.39 is 6.89 Å². The van der Waals surface area contributed by atoms with E-state index in [2.05, 4.69) is 119 Å². The van der Waals surface area contributed by atoms with E-state index in [1.54, 1.807) is 0 Å². The van der Waals surface area contributed by atoms with Crippen LogP contribution in [-0.2, 0) is 0 Å². The van der Waals surface area contributed by atoms with Gasteiger partial charge in [0.05, 0.1) is 0 Å². The third-order valence-electron chi connectivity index (χ3n) is 4.94. The molecule has 0 aromatic heterocycles. The molecule has 0 heterocycles. The molecule has 0 atom stereocenters. The highest BCUT2D eigenvalue weighted by molar-refractivity contribution is 7.98. The lowest BCUT2D eigenvalue weighted by Crippen LogP contribution is -2.35. The van der Waals surface area contributed by atoms with Gasteiger partial charge in [-0.1, -0.05) is 124 Å². The topological polar surface area (TPSA) is 0 Å². The highest BCUT2D eigenvalue weighted by atomic mass is 32.1. The van der Waals surface area contributed by atoms with Crippen LogP contribution in [0.25, 0.3) is 0 Å². The molecule has 0 aliphatic heterocycles. The predicted molar refractivity (Wildman–Crippen MR) is 128 cm³/mol. The maximum Gasteiger partial charge on any atom is 0.0245 e.